The van der Waals surface area contributed by atoms with Crippen LogP contribution in [0.25, 0.3) is 11.0 Å². The van der Waals surface area contributed by atoms with Gasteiger partial charge in [-0.25, -0.2) is 4.79 Å². The second-order valence-electron chi connectivity index (χ2n) is 4.47. The molecule has 19 heavy (non-hydrogen) atoms. The van der Waals surface area contributed by atoms with Gasteiger partial charge >= 0.3 is 6.47 Å². The Balaban J connectivity index is 1.79. The maximum absolute atomic E-state index is 9.83. The summed E-state index contributed by atoms with van der Waals surface area (Å²) < 4.78 is 10.0. The highest BCUT2D eigenvalue weighted by atomic mass is 35.5. The number of aryl methyl sites for hydroxylation is 1. The van der Waals surface area contributed by atoms with E-state index in [9.17, 15) is 4.79 Å². The number of benzene rings is 1. The Labute approximate surface area is 117 Å². The van der Waals surface area contributed by atoms with Crippen LogP contribution in [0.15, 0.2) is 28.9 Å². The van der Waals surface area contributed by atoms with Crippen molar-refractivity contribution >= 4 is 29.0 Å². The van der Waals surface area contributed by atoms with Gasteiger partial charge < -0.3 is 9.15 Å². The van der Waals surface area contributed by atoms with Gasteiger partial charge in [0, 0.05) is 5.39 Å². The van der Waals surface area contributed by atoms with Crippen molar-refractivity contribution in [2.24, 2.45) is 0 Å². The van der Waals surface area contributed by atoms with Gasteiger partial charge in [0.15, 0.2) is 5.58 Å². The van der Waals surface area contributed by atoms with E-state index >= 15 is 0 Å². The molecular formula is C15H16ClO3. The number of halogens is 1. The van der Waals surface area contributed by atoms with E-state index in [1.165, 1.54) is 12.0 Å². The first kappa shape index (κ1) is 13.9. The van der Waals surface area contributed by atoms with E-state index in [0.29, 0.717) is 11.6 Å². The lowest BCUT2D eigenvalue weighted by Crippen LogP contribution is -1.92. The quantitative estimate of drug-likeness (QED) is 0.677. The molecule has 0 saturated heterocycles. The monoisotopic (exact) mass is 279 g/mol. The number of unbranched alkanes of at least 4 members (excludes halogenated alkanes) is 3. The van der Waals surface area contributed by atoms with Gasteiger partial charge in [-0.3, -0.25) is 0 Å². The molecule has 0 atom stereocenters. The van der Waals surface area contributed by atoms with Crippen LogP contribution >= 0.6 is 11.6 Å². The summed E-state index contributed by atoms with van der Waals surface area (Å²) in [5, 5.41) is 1.76. The lowest BCUT2D eigenvalue weighted by molar-refractivity contribution is 0.269. The molecule has 1 aromatic carbocycles. The Morgan fingerprint density at radius 2 is 2.05 bits per heavy atom. The molecule has 0 unspecified atom stereocenters. The number of hydrogen-bond acceptors (Lipinski definition) is 3. The predicted octanol–water partition coefficient (Wildman–Crippen LogP) is 4.27. The topological polar surface area (TPSA) is 39.4 Å². The summed E-state index contributed by atoms with van der Waals surface area (Å²) in [6.45, 7) is 1.90. The van der Waals surface area contributed by atoms with Gasteiger partial charge in [0.25, 0.3) is 0 Å². The Morgan fingerprint density at radius 1 is 1.21 bits per heavy atom. The molecule has 101 valence electrons. The third kappa shape index (κ3) is 3.74. The van der Waals surface area contributed by atoms with E-state index in [0.717, 1.165) is 43.1 Å². The Bertz CT molecular complexity index is 533. The number of furan rings is 1. The number of ether oxygens (including phenoxy) is 1. The van der Waals surface area contributed by atoms with E-state index in [-0.39, 0.29) is 0 Å². The van der Waals surface area contributed by atoms with E-state index in [1.54, 1.807) is 6.26 Å². The van der Waals surface area contributed by atoms with Crippen molar-refractivity contribution < 1.29 is 13.9 Å². The van der Waals surface area contributed by atoms with Crippen LogP contribution in [0.1, 0.15) is 31.2 Å². The summed E-state index contributed by atoms with van der Waals surface area (Å²) in [6.07, 6.45) is 6.92. The van der Waals surface area contributed by atoms with Crippen molar-refractivity contribution in [1.82, 2.24) is 0 Å². The third-order valence-corrected chi connectivity index (χ3v) is 3.43. The minimum absolute atomic E-state index is 0.466. The fourth-order valence-electron chi connectivity index (χ4n) is 2.15. The van der Waals surface area contributed by atoms with Gasteiger partial charge in [-0.15, -0.1) is 0 Å². The van der Waals surface area contributed by atoms with Gasteiger partial charge in [0.1, 0.15) is 0 Å². The maximum atomic E-state index is 9.83. The van der Waals surface area contributed by atoms with Crippen LogP contribution < -0.4 is 0 Å². The molecule has 3 nitrogen and oxygen atoms in total. The van der Waals surface area contributed by atoms with Crippen molar-refractivity contribution in [3.8, 4) is 0 Å². The van der Waals surface area contributed by atoms with Crippen molar-refractivity contribution in [2.45, 2.75) is 32.1 Å². The molecule has 1 aromatic heterocycles. The van der Waals surface area contributed by atoms with Crippen molar-refractivity contribution in [3.05, 3.63) is 35.0 Å². The fourth-order valence-corrected chi connectivity index (χ4v) is 2.37. The number of carbonyl (C=O) groups excluding carboxylic acids is 1. The standard InChI is InChI=1S/C15H16ClO3/c16-14-8-5-7-13-12(10-19-15(13)14)6-3-1-2-4-9-18-11-17/h5,7-8,10H,1-4,6,9H2. The molecule has 2 aromatic rings. The minimum Gasteiger partial charge on any atom is -0.462 e. The zero-order valence-corrected chi connectivity index (χ0v) is 11.4. The lowest BCUT2D eigenvalue weighted by Gasteiger charge is -2.00. The van der Waals surface area contributed by atoms with Crippen molar-refractivity contribution in [2.75, 3.05) is 6.61 Å². The van der Waals surface area contributed by atoms with Crippen LogP contribution in [0.2, 0.25) is 5.02 Å². The highest BCUT2D eigenvalue weighted by molar-refractivity contribution is 6.34. The molecule has 4 heteroatoms. The van der Waals surface area contributed by atoms with Crippen LogP contribution in [0.4, 0.5) is 0 Å². The molecular weight excluding hydrogens is 264 g/mol. The molecule has 1 heterocycles. The first-order chi connectivity index (χ1) is 9.33. The first-order valence-electron chi connectivity index (χ1n) is 6.46. The fraction of sp³-hybridized carbons (Fsp3) is 0.400. The molecule has 0 fully saturated rings. The van der Waals surface area contributed by atoms with Crippen LogP contribution in [0, 0.1) is 0 Å². The summed E-state index contributed by atoms with van der Waals surface area (Å²) >= 11 is 6.06. The molecule has 0 amide bonds. The highest BCUT2D eigenvalue weighted by Gasteiger charge is 2.07. The zero-order valence-electron chi connectivity index (χ0n) is 10.7. The summed E-state index contributed by atoms with van der Waals surface area (Å²) in [5.74, 6) is 0. The van der Waals surface area contributed by atoms with Gasteiger partial charge in [-0.1, -0.05) is 36.6 Å². The molecule has 0 aliphatic heterocycles. The molecule has 0 spiro atoms. The van der Waals surface area contributed by atoms with Crippen LogP contribution in [-0.2, 0) is 16.0 Å². The number of para-hydroxylation sites is 1. The lowest BCUT2D eigenvalue weighted by atomic mass is 10.1. The predicted molar refractivity (Wildman–Crippen MR) is 75.0 cm³/mol. The van der Waals surface area contributed by atoms with E-state index < -0.39 is 0 Å². The highest BCUT2D eigenvalue weighted by Crippen LogP contribution is 2.28. The molecule has 0 bridgehead atoms. The Hall–Kier alpha value is -1.48. The van der Waals surface area contributed by atoms with E-state index in [4.69, 9.17) is 16.0 Å². The van der Waals surface area contributed by atoms with Gasteiger partial charge in [0.05, 0.1) is 17.9 Å². The van der Waals surface area contributed by atoms with Crippen LogP contribution in [0.5, 0.6) is 0 Å². The number of hydrogen-bond donors (Lipinski definition) is 0. The zero-order chi connectivity index (χ0) is 13.5. The van der Waals surface area contributed by atoms with Gasteiger partial charge in [-0.05, 0) is 30.9 Å². The normalized spacial score (nSPS) is 10.8. The van der Waals surface area contributed by atoms with Gasteiger partial charge in [0.2, 0.25) is 0 Å². The molecule has 0 saturated carbocycles. The molecule has 2 rings (SSSR count). The Kier molecular flexibility index (Phi) is 5.28. The average molecular weight is 280 g/mol. The van der Waals surface area contributed by atoms with Crippen molar-refractivity contribution in [1.29, 1.82) is 0 Å². The van der Waals surface area contributed by atoms with Gasteiger partial charge in [-0.2, -0.15) is 0 Å². The summed E-state index contributed by atoms with van der Waals surface area (Å²) in [6, 6.07) is 5.81. The third-order valence-electron chi connectivity index (χ3n) is 3.13. The molecule has 0 aliphatic rings. The average Bonchev–Trinajstić information content (AvgIpc) is 2.83. The Morgan fingerprint density at radius 3 is 2.89 bits per heavy atom. The summed E-state index contributed by atoms with van der Waals surface area (Å²) in [5.41, 5.74) is 1.98. The van der Waals surface area contributed by atoms with Crippen LogP contribution in [0.3, 0.4) is 0 Å². The largest absolute Gasteiger partial charge is 0.462 e. The number of fused-ring (bicyclic) bond motifs is 1. The van der Waals surface area contributed by atoms with Crippen molar-refractivity contribution in [3.63, 3.8) is 0 Å². The first-order valence-corrected chi connectivity index (χ1v) is 6.84. The number of rotatable bonds is 8. The molecule has 1 radical (unpaired) electrons. The smallest absolute Gasteiger partial charge is 0.417 e. The van der Waals surface area contributed by atoms with E-state index in [1.807, 2.05) is 18.2 Å². The minimum atomic E-state index is 0.466. The SMILES string of the molecule is O=[C]OCCCCCCc1coc2c(Cl)cccc12. The summed E-state index contributed by atoms with van der Waals surface area (Å²) in [4.78, 5) is 9.83. The second-order valence-corrected chi connectivity index (χ2v) is 4.88. The molecule has 0 aliphatic carbocycles. The van der Waals surface area contributed by atoms with E-state index in [2.05, 4.69) is 4.74 Å². The second kappa shape index (κ2) is 7.19. The maximum Gasteiger partial charge on any atom is 0.417 e. The van der Waals surface area contributed by atoms with Crippen LogP contribution in [-0.4, -0.2) is 13.1 Å². The summed E-state index contributed by atoms with van der Waals surface area (Å²) in [7, 11) is 0. The molecule has 0 N–H and O–H groups in total.